The zero-order valence-corrected chi connectivity index (χ0v) is 8.77. The molecule has 1 aliphatic rings. The number of sulfone groups is 1. The Bertz CT molecular complexity index is 344. The molecule has 0 aromatic rings. The van der Waals surface area contributed by atoms with E-state index in [1.54, 1.807) is 0 Å². The Morgan fingerprint density at radius 3 is 2.20 bits per heavy atom. The molecule has 0 aliphatic heterocycles. The quantitative estimate of drug-likeness (QED) is 0.805. The first kappa shape index (κ1) is 12.4. The summed E-state index contributed by atoms with van der Waals surface area (Å²) in [5, 5.41) is 3.46. The molecule has 0 heterocycles. The van der Waals surface area contributed by atoms with Crippen LogP contribution < -0.4 is 0 Å². The fraction of sp³-hybridized carbons (Fsp3) is 0.875. The third-order valence-electron chi connectivity index (χ3n) is 2.57. The highest BCUT2D eigenvalue weighted by Gasteiger charge is 2.53. The molecule has 1 saturated carbocycles. The van der Waals surface area contributed by atoms with Crippen molar-refractivity contribution in [3.63, 3.8) is 0 Å². The zero-order valence-electron chi connectivity index (χ0n) is 7.95. The van der Waals surface area contributed by atoms with Gasteiger partial charge in [0.1, 0.15) is 0 Å². The van der Waals surface area contributed by atoms with Gasteiger partial charge in [-0.15, -0.1) is 0 Å². The van der Waals surface area contributed by atoms with Crippen LogP contribution in [0.1, 0.15) is 25.7 Å². The van der Waals surface area contributed by atoms with Gasteiger partial charge in [-0.2, -0.15) is 8.78 Å². The minimum Gasteiger partial charge on any atom is -0.476 e. The van der Waals surface area contributed by atoms with Crippen molar-refractivity contribution in [3.05, 3.63) is 0 Å². The Balaban J connectivity index is 2.78. The number of carbonyl (C=O) groups is 1. The summed E-state index contributed by atoms with van der Waals surface area (Å²) in [6, 6.07) is 0. The van der Waals surface area contributed by atoms with Crippen LogP contribution >= 0.6 is 0 Å². The highest BCUT2D eigenvalue weighted by atomic mass is 32.2. The molecule has 0 atom stereocenters. The molecule has 0 unspecified atom stereocenters. The number of alkyl halides is 2. The van der Waals surface area contributed by atoms with Gasteiger partial charge < -0.3 is 5.11 Å². The maximum atomic E-state index is 12.8. The molecule has 7 heteroatoms. The highest BCUT2D eigenvalue weighted by Crippen LogP contribution is 2.31. The molecule has 0 aromatic carbocycles. The Kier molecular flexibility index (Phi) is 3.32. The van der Waals surface area contributed by atoms with E-state index in [0.29, 0.717) is 12.8 Å². The third-order valence-corrected chi connectivity index (χ3v) is 4.44. The number of hydrogen-bond donors (Lipinski definition) is 1. The van der Waals surface area contributed by atoms with Crippen molar-refractivity contribution in [2.75, 3.05) is 5.75 Å². The van der Waals surface area contributed by atoms with Crippen molar-refractivity contribution >= 4 is 15.8 Å². The van der Waals surface area contributed by atoms with E-state index in [0.717, 1.165) is 12.8 Å². The van der Waals surface area contributed by atoms with E-state index in [-0.39, 0.29) is 5.92 Å². The lowest BCUT2D eigenvalue weighted by molar-refractivity contribution is -0.153. The van der Waals surface area contributed by atoms with E-state index in [9.17, 15) is 22.0 Å². The van der Waals surface area contributed by atoms with Crippen LogP contribution in [0.3, 0.4) is 0 Å². The summed E-state index contributed by atoms with van der Waals surface area (Å²) in [6.45, 7) is 0. The molecule has 1 fully saturated rings. The summed E-state index contributed by atoms with van der Waals surface area (Å²) in [5.74, 6) is -3.65. The fourth-order valence-electron chi connectivity index (χ4n) is 1.73. The van der Waals surface area contributed by atoms with Crippen LogP contribution in [0.4, 0.5) is 8.78 Å². The van der Waals surface area contributed by atoms with Crippen molar-refractivity contribution in [3.8, 4) is 0 Å². The molecule has 1 rings (SSSR count). The van der Waals surface area contributed by atoms with E-state index in [2.05, 4.69) is 0 Å². The van der Waals surface area contributed by atoms with Gasteiger partial charge in [-0.25, -0.2) is 13.2 Å². The van der Waals surface area contributed by atoms with Gasteiger partial charge in [0.2, 0.25) is 9.84 Å². The first-order chi connectivity index (χ1) is 6.77. The van der Waals surface area contributed by atoms with Gasteiger partial charge in [0.05, 0.1) is 5.75 Å². The van der Waals surface area contributed by atoms with E-state index in [4.69, 9.17) is 5.11 Å². The summed E-state index contributed by atoms with van der Waals surface area (Å²) in [5.41, 5.74) is 0. The normalized spacial score (nSPS) is 19.3. The average Bonchev–Trinajstić information content (AvgIpc) is 2.55. The van der Waals surface area contributed by atoms with Crippen molar-refractivity contribution in [1.82, 2.24) is 0 Å². The molecule has 0 spiro atoms. The predicted octanol–water partition coefficient (Wildman–Crippen LogP) is 1.27. The van der Waals surface area contributed by atoms with Gasteiger partial charge in [-0.05, 0) is 18.8 Å². The van der Waals surface area contributed by atoms with Gasteiger partial charge in [0, 0.05) is 0 Å². The molecule has 1 N–H and O–H groups in total. The topological polar surface area (TPSA) is 71.4 Å². The standard InChI is InChI=1S/C8H12F2O4S/c9-8(10,7(11)12)15(13,14)5-6-3-1-2-4-6/h6H,1-5H2,(H,11,12). The van der Waals surface area contributed by atoms with Crippen molar-refractivity contribution in [1.29, 1.82) is 0 Å². The number of rotatable bonds is 4. The highest BCUT2D eigenvalue weighted by molar-refractivity contribution is 7.93. The van der Waals surface area contributed by atoms with Gasteiger partial charge in [0.15, 0.2) is 0 Å². The van der Waals surface area contributed by atoms with E-state index in [1.165, 1.54) is 0 Å². The molecule has 0 radical (unpaired) electrons. The fourth-order valence-corrected chi connectivity index (χ4v) is 3.15. The molecule has 4 nitrogen and oxygen atoms in total. The summed E-state index contributed by atoms with van der Waals surface area (Å²) >= 11 is 0. The number of aliphatic carboxylic acids is 1. The monoisotopic (exact) mass is 242 g/mol. The molecule has 0 bridgehead atoms. The van der Waals surface area contributed by atoms with E-state index < -0.39 is 26.8 Å². The van der Waals surface area contributed by atoms with Gasteiger partial charge in [-0.3, -0.25) is 0 Å². The Labute approximate surface area is 86.2 Å². The first-order valence-electron chi connectivity index (χ1n) is 4.61. The van der Waals surface area contributed by atoms with Crippen LogP contribution in [0, 0.1) is 5.92 Å². The lowest BCUT2D eigenvalue weighted by Gasteiger charge is -2.15. The number of carboxylic acid groups (broad SMARTS) is 1. The maximum Gasteiger partial charge on any atom is 0.439 e. The molecule has 0 aromatic heterocycles. The summed E-state index contributed by atoms with van der Waals surface area (Å²) in [6.07, 6.45) is 2.79. The number of hydrogen-bond acceptors (Lipinski definition) is 3. The van der Waals surface area contributed by atoms with Gasteiger partial charge in [0.25, 0.3) is 0 Å². The second kappa shape index (κ2) is 4.03. The molecule has 0 saturated heterocycles. The molecule has 88 valence electrons. The molecule has 0 amide bonds. The lowest BCUT2D eigenvalue weighted by Crippen LogP contribution is -2.40. The van der Waals surface area contributed by atoms with Crippen LogP contribution in [0.5, 0.6) is 0 Å². The molecular weight excluding hydrogens is 230 g/mol. The van der Waals surface area contributed by atoms with Crippen LogP contribution in [-0.2, 0) is 14.6 Å². The van der Waals surface area contributed by atoms with Crippen molar-refractivity contribution in [2.45, 2.75) is 30.9 Å². The van der Waals surface area contributed by atoms with Crippen molar-refractivity contribution in [2.24, 2.45) is 5.92 Å². The van der Waals surface area contributed by atoms with Crippen LogP contribution in [0.25, 0.3) is 0 Å². The Morgan fingerprint density at radius 2 is 1.80 bits per heavy atom. The Morgan fingerprint density at radius 1 is 1.33 bits per heavy atom. The zero-order chi connectivity index (χ0) is 11.7. The predicted molar refractivity (Wildman–Crippen MR) is 48.3 cm³/mol. The largest absolute Gasteiger partial charge is 0.476 e. The number of carboxylic acids is 1. The first-order valence-corrected chi connectivity index (χ1v) is 6.26. The number of halogens is 2. The minimum atomic E-state index is -4.88. The van der Waals surface area contributed by atoms with Crippen LogP contribution in [-0.4, -0.2) is 30.5 Å². The summed E-state index contributed by atoms with van der Waals surface area (Å²) < 4.78 is 47.8. The van der Waals surface area contributed by atoms with Gasteiger partial charge in [-0.1, -0.05) is 12.8 Å². The average molecular weight is 242 g/mol. The van der Waals surface area contributed by atoms with Crippen molar-refractivity contribution < 1.29 is 27.1 Å². The second-order valence-corrected chi connectivity index (χ2v) is 5.83. The molecular formula is C8H12F2O4S. The summed E-state index contributed by atoms with van der Waals surface area (Å²) in [4.78, 5) is 10.1. The summed E-state index contributed by atoms with van der Waals surface area (Å²) in [7, 11) is -4.88. The van der Waals surface area contributed by atoms with Crippen LogP contribution in [0.15, 0.2) is 0 Å². The minimum absolute atomic E-state index is 0.319. The smallest absolute Gasteiger partial charge is 0.439 e. The van der Waals surface area contributed by atoms with E-state index >= 15 is 0 Å². The van der Waals surface area contributed by atoms with E-state index in [1.807, 2.05) is 0 Å². The lowest BCUT2D eigenvalue weighted by atomic mass is 10.1. The third kappa shape index (κ3) is 2.45. The molecule has 1 aliphatic carbocycles. The van der Waals surface area contributed by atoms with Crippen LogP contribution in [0.2, 0.25) is 0 Å². The SMILES string of the molecule is O=C(O)C(F)(F)S(=O)(=O)CC1CCCC1. The Hall–Kier alpha value is -0.720. The maximum absolute atomic E-state index is 12.8. The molecule has 15 heavy (non-hydrogen) atoms. The second-order valence-electron chi connectivity index (χ2n) is 3.75. The van der Waals surface area contributed by atoms with Gasteiger partial charge >= 0.3 is 11.2 Å².